The molecule has 0 radical (unpaired) electrons. The Morgan fingerprint density at radius 2 is 1.90 bits per heavy atom. The number of rotatable bonds is 9. The molecule has 2 aromatic carbocycles. The Kier molecular flexibility index (Phi) is 7.53. The maximum atomic E-state index is 13.2. The minimum Gasteiger partial charge on any atom is -0.489 e. The van der Waals surface area contributed by atoms with Crippen LogP contribution in [0.15, 0.2) is 71.5 Å². The molecule has 2 amide bonds. The molecule has 0 bridgehead atoms. The van der Waals surface area contributed by atoms with E-state index in [9.17, 15) is 14.4 Å². The number of hydrogen-bond acceptors (Lipinski definition) is 7. The smallest absolute Gasteiger partial charge is 0.274 e. The van der Waals surface area contributed by atoms with Gasteiger partial charge < -0.3 is 19.5 Å². The first-order valence-corrected chi connectivity index (χ1v) is 12.7. The predicted molar refractivity (Wildman–Crippen MR) is 143 cm³/mol. The van der Waals surface area contributed by atoms with E-state index in [0.717, 1.165) is 11.1 Å². The predicted octanol–water partition coefficient (Wildman–Crippen LogP) is 3.36. The van der Waals surface area contributed by atoms with Gasteiger partial charge in [-0.2, -0.15) is 5.10 Å². The number of Topliss-reactive ketones (excluding diaryl/α,β-unsaturated/α-hetero) is 1. The van der Waals surface area contributed by atoms with Gasteiger partial charge in [0.25, 0.3) is 11.8 Å². The van der Waals surface area contributed by atoms with Crippen LogP contribution in [0.2, 0.25) is 0 Å². The molecule has 39 heavy (non-hydrogen) atoms. The minimum absolute atomic E-state index is 0.0183. The third kappa shape index (κ3) is 6.06. The van der Waals surface area contributed by atoms with E-state index < -0.39 is 11.9 Å². The fourth-order valence-corrected chi connectivity index (χ4v) is 4.50. The van der Waals surface area contributed by atoms with Gasteiger partial charge in [-0.25, -0.2) is 0 Å². The van der Waals surface area contributed by atoms with Crippen LogP contribution in [0.1, 0.15) is 50.6 Å². The molecule has 0 unspecified atom stereocenters. The third-order valence-corrected chi connectivity index (χ3v) is 6.63. The first-order valence-electron chi connectivity index (χ1n) is 12.7. The Bertz CT molecular complexity index is 1490. The number of ether oxygens (including phenoxy) is 1. The van der Waals surface area contributed by atoms with Crippen molar-refractivity contribution >= 4 is 23.3 Å². The second kappa shape index (κ2) is 11.3. The zero-order chi connectivity index (χ0) is 27.4. The normalized spacial score (nSPS) is 14.9. The molecule has 1 N–H and O–H groups in total. The van der Waals surface area contributed by atoms with Crippen molar-refractivity contribution < 1.29 is 23.6 Å². The highest BCUT2D eigenvalue weighted by molar-refractivity contribution is 6.02. The number of nitrogens with one attached hydrogen (secondary N) is 1. The third-order valence-electron chi connectivity index (χ3n) is 6.63. The molecule has 0 aliphatic carbocycles. The molecule has 4 aromatic rings. The van der Waals surface area contributed by atoms with Crippen LogP contribution in [-0.4, -0.2) is 52.2 Å². The fraction of sp³-hybridized carbons (Fsp3) is 0.276. The first kappa shape index (κ1) is 25.9. The van der Waals surface area contributed by atoms with Crippen LogP contribution in [0.3, 0.4) is 0 Å². The second-order valence-electron chi connectivity index (χ2n) is 9.56. The Morgan fingerprint density at radius 3 is 2.67 bits per heavy atom. The molecule has 1 aliphatic heterocycles. The SMILES string of the molecule is CN1C(=O)[C@@H](NC(=O)c2cc(Cc3ccccc3)on2)COc2ccc(CCCC(=O)c3cnn(C)c3)cc21. The van der Waals surface area contributed by atoms with Crippen LogP contribution in [0.25, 0.3) is 0 Å². The van der Waals surface area contributed by atoms with Crippen LogP contribution >= 0.6 is 0 Å². The molecule has 200 valence electrons. The molecular formula is C29H29N5O5. The zero-order valence-corrected chi connectivity index (χ0v) is 21.8. The van der Waals surface area contributed by atoms with Crippen molar-refractivity contribution in [2.24, 2.45) is 7.05 Å². The highest BCUT2D eigenvalue weighted by atomic mass is 16.5. The van der Waals surface area contributed by atoms with E-state index in [4.69, 9.17) is 9.26 Å². The number of nitrogens with zero attached hydrogens (tertiary/aromatic N) is 4. The van der Waals surface area contributed by atoms with Gasteiger partial charge in [0.05, 0.1) is 17.4 Å². The summed E-state index contributed by atoms with van der Waals surface area (Å²) in [6.07, 6.45) is 5.52. The van der Waals surface area contributed by atoms with Crippen molar-refractivity contribution in [3.05, 3.63) is 95.1 Å². The number of fused-ring (bicyclic) bond motifs is 1. The number of anilines is 1. The van der Waals surface area contributed by atoms with E-state index in [1.165, 1.54) is 4.90 Å². The molecular weight excluding hydrogens is 498 g/mol. The molecule has 0 spiro atoms. The summed E-state index contributed by atoms with van der Waals surface area (Å²) in [6, 6.07) is 16.0. The van der Waals surface area contributed by atoms with Crippen LogP contribution < -0.4 is 15.0 Å². The van der Waals surface area contributed by atoms with Crippen LogP contribution in [-0.2, 0) is 24.7 Å². The van der Waals surface area contributed by atoms with Gasteiger partial charge >= 0.3 is 0 Å². The number of aromatic nitrogens is 3. The molecule has 0 saturated heterocycles. The first-order chi connectivity index (χ1) is 18.9. The Morgan fingerprint density at radius 1 is 1.08 bits per heavy atom. The summed E-state index contributed by atoms with van der Waals surface area (Å²) in [7, 11) is 3.43. The molecule has 2 aromatic heterocycles. The van der Waals surface area contributed by atoms with Gasteiger partial charge in [0.15, 0.2) is 11.5 Å². The topological polar surface area (TPSA) is 120 Å². The van der Waals surface area contributed by atoms with Crippen LogP contribution in [0.5, 0.6) is 5.75 Å². The Hall–Kier alpha value is -4.73. The Labute approximate surface area is 225 Å². The molecule has 1 atom stereocenters. The summed E-state index contributed by atoms with van der Waals surface area (Å²) in [6.45, 7) is -0.0183. The average molecular weight is 528 g/mol. The Balaban J connectivity index is 1.19. The van der Waals surface area contributed by atoms with Crippen molar-refractivity contribution in [3.63, 3.8) is 0 Å². The van der Waals surface area contributed by atoms with Crippen molar-refractivity contribution in [1.82, 2.24) is 20.3 Å². The lowest BCUT2D eigenvalue weighted by Crippen LogP contribution is -2.49. The van der Waals surface area contributed by atoms with E-state index in [0.29, 0.717) is 48.4 Å². The largest absolute Gasteiger partial charge is 0.489 e. The zero-order valence-electron chi connectivity index (χ0n) is 21.8. The standard InChI is InChI=1S/C29H29N5O5/c1-33-17-21(16-30-33)26(35)10-6-9-20-11-12-27-25(14-20)34(2)29(37)24(18-38-27)31-28(36)23-15-22(39-32-23)13-19-7-4-3-5-8-19/h3-5,7-8,11-12,14-17,24H,6,9-10,13,18H2,1-2H3,(H,31,36)/t24-/m0/s1. The second-order valence-corrected chi connectivity index (χ2v) is 9.56. The summed E-state index contributed by atoms with van der Waals surface area (Å²) in [5, 5.41) is 10.6. The molecule has 5 rings (SSSR count). The molecule has 10 nitrogen and oxygen atoms in total. The fourth-order valence-electron chi connectivity index (χ4n) is 4.50. The maximum Gasteiger partial charge on any atom is 0.274 e. The van der Waals surface area contributed by atoms with Crippen molar-refractivity contribution in [2.75, 3.05) is 18.6 Å². The monoisotopic (exact) mass is 527 g/mol. The number of hydrogen-bond donors (Lipinski definition) is 1. The molecule has 0 saturated carbocycles. The van der Waals surface area contributed by atoms with Crippen LogP contribution in [0, 0.1) is 0 Å². The summed E-state index contributed by atoms with van der Waals surface area (Å²) >= 11 is 0. The molecule has 3 heterocycles. The van der Waals surface area contributed by atoms with Crippen LogP contribution in [0.4, 0.5) is 5.69 Å². The van der Waals surface area contributed by atoms with E-state index in [2.05, 4.69) is 15.6 Å². The van der Waals surface area contributed by atoms with E-state index in [-0.39, 0.29) is 24.0 Å². The number of aryl methyl sites for hydroxylation is 2. The highest BCUT2D eigenvalue weighted by Crippen LogP contribution is 2.32. The van der Waals surface area contributed by atoms with E-state index in [1.54, 1.807) is 37.2 Å². The number of ketones is 1. The van der Waals surface area contributed by atoms with Gasteiger partial charge in [0.1, 0.15) is 24.2 Å². The maximum absolute atomic E-state index is 13.2. The lowest BCUT2D eigenvalue weighted by Gasteiger charge is -2.20. The molecule has 0 fully saturated rings. The number of amides is 2. The highest BCUT2D eigenvalue weighted by Gasteiger charge is 2.31. The van der Waals surface area contributed by atoms with Gasteiger partial charge in [-0.05, 0) is 36.1 Å². The van der Waals surface area contributed by atoms with E-state index >= 15 is 0 Å². The number of carbonyl (C=O) groups excluding carboxylic acids is 3. The van der Waals surface area contributed by atoms with Gasteiger partial charge in [-0.3, -0.25) is 19.1 Å². The molecule has 10 heteroatoms. The van der Waals surface area contributed by atoms with Gasteiger partial charge in [0.2, 0.25) is 0 Å². The summed E-state index contributed by atoms with van der Waals surface area (Å²) in [4.78, 5) is 39.9. The molecule has 1 aliphatic rings. The number of likely N-dealkylation sites (N-methyl/N-ethyl adjacent to an activating group) is 1. The summed E-state index contributed by atoms with van der Waals surface area (Å²) < 4.78 is 12.8. The summed E-state index contributed by atoms with van der Waals surface area (Å²) in [5.41, 5.74) is 3.32. The minimum atomic E-state index is -0.898. The lowest BCUT2D eigenvalue weighted by molar-refractivity contribution is -0.120. The van der Waals surface area contributed by atoms with Gasteiger partial charge in [-0.15, -0.1) is 0 Å². The average Bonchev–Trinajstić information content (AvgIpc) is 3.58. The van der Waals surface area contributed by atoms with Gasteiger partial charge in [0, 0.05) is 39.2 Å². The quantitative estimate of drug-likeness (QED) is 0.332. The van der Waals surface area contributed by atoms with Gasteiger partial charge in [-0.1, -0.05) is 41.6 Å². The van der Waals surface area contributed by atoms with Crippen molar-refractivity contribution in [1.29, 1.82) is 0 Å². The van der Waals surface area contributed by atoms with Crippen molar-refractivity contribution in [3.8, 4) is 5.75 Å². The number of benzene rings is 2. The summed E-state index contributed by atoms with van der Waals surface area (Å²) in [5.74, 6) is 0.321. The number of carbonyl (C=O) groups is 3. The van der Waals surface area contributed by atoms with E-state index in [1.807, 2.05) is 48.5 Å². The lowest BCUT2D eigenvalue weighted by atomic mass is 10.0. The van der Waals surface area contributed by atoms with Crippen molar-refractivity contribution in [2.45, 2.75) is 31.7 Å².